The van der Waals surface area contributed by atoms with E-state index in [9.17, 15) is 18.0 Å². The number of rotatable bonds is 8. The van der Waals surface area contributed by atoms with Crippen LogP contribution in [0.5, 0.6) is 17.2 Å². The molecule has 0 N–H and O–H groups in total. The summed E-state index contributed by atoms with van der Waals surface area (Å²) >= 11 is 6.50. The van der Waals surface area contributed by atoms with E-state index in [0.29, 0.717) is 33.6 Å². The number of methoxy groups -OCH3 is 1. The van der Waals surface area contributed by atoms with Crippen molar-refractivity contribution < 1.29 is 32.2 Å². The maximum absolute atomic E-state index is 13.0. The van der Waals surface area contributed by atoms with Gasteiger partial charge < -0.3 is 14.2 Å². The molecule has 0 radical (unpaired) electrons. The first kappa shape index (κ1) is 26.9. The largest absolute Gasteiger partial charge is 0.497 e. The second-order valence-electron chi connectivity index (χ2n) is 8.28. The molecule has 11 heteroatoms. The lowest BCUT2D eigenvalue weighted by atomic mass is 10.1. The first-order valence-corrected chi connectivity index (χ1v) is 14.5. The molecule has 194 valence electrons. The molecule has 2 fully saturated rings. The van der Waals surface area contributed by atoms with Gasteiger partial charge in [-0.05, 0) is 60.9 Å². The smallest absolute Gasteiger partial charge is 0.336 e. The molecule has 0 unspecified atom stereocenters. The molecule has 37 heavy (non-hydrogen) atoms. The summed E-state index contributed by atoms with van der Waals surface area (Å²) in [7, 11) is -1.57. The van der Waals surface area contributed by atoms with E-state index in [4.69, 9.17) is 26.4 Å². The van der Waals surface area contributed by atoms with Crippen molar-refractivity contribution in [1.82, 2.24) is 4.90 Å². The molecule has 0 aromatic heterocycles. The van der Waals surface area contributed by atoms with Crippen molar-refractivity contribution >= 4 is 62.2 Å². The summed E-state index contributed by atoms with van der Waals surface area (Å²) in [6.07, 6.45) is 5.00. The van der Waals surface area contributed by atoms with E-state index < -0.39 is 21.8 Å². The van der Waals surface area contributed by atoms with Gasteiger partial charge in [-0.15, -0.1) is 0 Å². The molecule has 2 aliphatic rings. The van der Waals surface area contributed by atoms with Gasteiger partial charge >= 0.3 is 5.97 Å². The number of esters is 1. The fourth-order valence-electron chi connectivity index (χ4n) is 3.91. The van der Waals surface area contributed by atoms with Crippen LogP contribution in [0.1, 0.15) is 24.5 Å². The first-order chi connectivity index (χ1) is 17.7. The van der Waals surface area contributed by atoms with Crippen LogP contribution in [-0.2, 0) is 19.4 Å². The van der Waals surface area contributed by atoms with Crippen LogP contribution in [0.2, 0.25) is 0 Å². The van der Waals surface area contributed by atoms with Gasteiger partial charge in [-0.1, -0.05) is 42.2 Å². The van der Waals surface area contributed by atoms with Crippen molar-refractivity contribution in [2.24, 2.45) is 0 Å². The van der Waals surface area contributed by atoms with E-state index in [1.165, 1.54) is 11.0 Å². The first-order valence-electron chi connectivity index (χ1n) is 11.5. The van der Waals surface area contributed by atoms with E-state index in [1.54, 1.807) is 49.6 Å². The summed E-state index contributed by atoms with van der Waals surface area (Å²) in [5, 5.41) is 0. The van der Waals surface area contributed by atoms with Gasteiger partial charge in [0, 0.05) is 6.08 Å². The number of hydrogen-bond donors (Lipinski definition) is 0. The van der Waals surface area contributed by atoms with Gasteiger partial charge in [-0.3, -0.25) is 9.69 Å². The van der Waals surface area contributed by atoms with Crippen molar-refractivity contribution in [2.75, 3.05) is 25.2 Å². The molecular formula is C26H25NO7S3. The van der Waals surface area contributed by atoms with Crippen LogP contribution < -0.4 is 14.2 Å². The number of amides is 1. The van der Waals surface area contributed by atoms with Gasteiger partial charge in [0.2, 0.25) is 0 Å². The predicted octanol–water partition coefficient (Wildman–Crippen LogP) is 4.10. The minimum absolute atomic E-state index is 0.0565. The Morgan fingerprint density at radius 1 is 1.16 bits per heavy atom. The molecule has 2 aliphatic heterocycles. The summed E-state index contributed by atoms with van der Waals surface area (Å²) in [6, 6.07) is 11.8. The van der Waals surface area contributed by atoms with Crippen LogP contribution >= 0.6 is 24.0 Å². The third-order valence-corrected chi connectivity index (χ3v) is 8.78. The fourth-order valence-corrected chi connectivity index (χ4v) is 7.01. The molecule has 2 aromatic rings. The van der Waals surface area contributed by atoms with Gasteiger partial charge in [0.05, 0.1) is 36.2 Å². The van der Waals surface area contributed by atoms with Gasteiger partial charge in [-0.2, -0.15) is 0 Å². The zero-order valence-electron chi connectivity index (χ0n) is 20.2. The molecule has 2 saturated heterocycles. The van der Waals surface area contributed by atoms with Gasteiger partial charge in [0.25, 0.3) is 5.91 Å². The van der Waals surface area contributed by atoms with Crippen LogP contribution in [-0.4, -0.2) is 60.8 Å². The van der Waals surface area contributed by atoms with Gasteiger partial charge in [0.1, 0.15) is 10.1 Å². The molecule has 0 saturated carbocycles. The number of carbonyl (C=O) groups is 2. The lowest BCUT2D eigenvalue weighted by Crippen LogP contribution is -2.39. The van der Waals surface area contributed by atoms with Crippen molar-refractivity contribution in [3.05, 3.63) is 64.6 Å². The summed E-state index contributed by atoms with van der Waals surface area (Å²) < 4.78 is 40.3. The number of sulfone groups is 1. The monoisotopic (exact) mass is 559 g/mol. The van der Waals surface area contributed by atoms with Crippen molar-refractivity contribution in [3.63, 3.8) is 0 Å². The molecular weight excluding hydrogens is 534 g/mol. The zero-order chi connectivity index (χ0) is 26.6. The van der Waals surface area contributed by atoms with Crippen LogP contribution in [0, 0.1) is 0 Å². The average molecular weight is 560 g/mol. The van der Waals surface area contributed by atoms with Crippen molar-refractivity contribution in [3.8, 4) is 17.2 Å². The zero-order valence-corrected chi connectivity index (χ0v) is 22.7. The van der Waals surface area contributed by atoms with Gasteiger partial charge in [0.15, 0.2) is 21.3 Å². The van der Waals surface area contributed by atoms with E-state index in [0.717, 1.165) is 23.1 Å². The Balaban J connectivity index is 1.48. The lowest BCUT2D eigenvalue weighted by molar-refractivity contribution is -0.129. The van der Waals surface area contributed by atoms with Crippen molar-refractivity contribution in [1.29, 1.82) is 0 Å². The highest BCUT2D eigenvalue weighted by molar-refractivity contribution is 8.26. The highest BCUT2D eigenvalue weighted by Gasteiger charge is 2.42. The Morgan fingerprint density at radius 2 is 1.89 bits per heavy atom. The number of nitrogens with zero attached hydrogens (tertiary/aromatic N) is 1. The molecule has 4 rings (SSSR count). The van der Waals surface area contributed by atoms with Crippen molar-refractivity contribution in [2.45, 2.75) is 19.4 Å². The molecule has 0 spiro atoms. The summed E-state index contributed by atoms with van der Waals surface area (Å²) in [4.78, 5) is 27.2. The quantitative estimate of drug-likeness (QED) is 0.205. The summed E-state index contributed by atoms with van der Waals surface area (Å²) in [5.41, 5.74) is 1.46. The minimum atomic E-state index is -3.16. The van der Waals surface area contributed by atoms with Gasteiger partial charge in [-0.25, -0.2) is 13.2 Å². The van der Waals surface area contributed by atoms with E-state index in [-0.39, 0.29) is 23.2 Å². The third-order valence-electron chi connectivity index (χ3n) is 5.70. The highest BCUT2D eigenvalue weighted by atomic mass is 32.2. The van der Waals surface area contributed by atoms with Crippen LogP contribution in [0.4, 0.5) is 0 Å². The minimum Gasteiger partial charge on any atom is -0.497 e. The third kappa shape index (κ3) is 6.60. The Bertz CT molecular complexity index is 1380. The number of ether oxygens (including phenoxy) is 3. The SMILES string of the molecule is CCOc1cc(/C=C2\SC(=S)N([C@H]3CCS(=O)(=O)C3)C2=O)ccc1OC(=O)/C=C/c1ccc(OC)cc1. The second kappa shape index (κ2) is 11.5. The molecule has 1 amide bonds. The van der Waals surface area contributed by atoms with Crippen LogP contribution in [0.25, 0.3) is 12.2 Å². The molecule has 2 heterocycles. The standard InChI is InChI=1S/C26H25NO7S3/c1-3-33-22-14-18(15-23-25(29)27(26(35)36-23)19-12-13-37(30,31)16-19)6-10-21(22)34-24(28)11-7-17-4-8-20(32-2)9-5-17/h4-11,14-15,19H,3,12-13,16H2,1-2H3/b11-7+,23-15-/t19-/m0/s1. The normalized spacial score (nSPS) is 20.1. The van der Waals surface area contributed by atoms with Crippen LogP contribution in [0.15, 0.2) is 53.4 Å². The Hall–Kier alpha value is -3.15. The number of thiocarbonyl (C=S) groups is 1. The molecule has 2 aromatic carbocycles. The van der Waals surface area contributed by atoms with E-state index in [2.05, 4.69) is 0 Å². The predicted molar refractivity (Wildman–Crippen MR) is 147 cm³/mol. The topological polar surface area (TPSA) is 99.2 Å². The Morgan fingerprint density at radius 3 is 2.54 bits per heavy atom. The Labute approximate surface area is 225 Å². The summed E-state index contributed by atoms with van der Waals surface area (Å²) in [6.45, 7) is 2.15. The van der Waals surface area contributed by atoms with Crippen LogP contribution in [0.3, 0.4) is 0 Å². The fraction of sp³-hybridized carbons (Fsp3) is 0.269. The van der Waals surface area contributed by atoms with E-state index >= 15 is 0 Å². The summed E-state index contributed by atoms with van der Waals surface area (Å²) in [5.74, 6) is 0.405. The number of carbonyl (C=O) groups excluding carboxylic acids is 2. The van der Waals surface area contributed by atoms with E-state index in [1.807, 2.05) is 19.1 Å². The molecule has 0 aliphatic carbocycles. The number of benzene rings is 2. The molecule has 8 nitrogen and oxygen atoms in total. The number of hydrogen-bond acceptors (Lipinski definition) is 9. The lowest BCUT2D eigenvalue weighted by Gasteiger charge is -2.20. The molecule has 0 bridgehead atoms. The molecule has 1 atom stereocenters. The average Bonchev–Trinajstić information content (AvgIpc) is 3.36. The number of thioether (sulfide) groups is 1. The maximum atomic E-state index is 13.0. The second-order valence-corrected chi connectivity index (χ2v) is 12.2. The maximum Gasteiger partial charge on any atom is 0.336 e. The Kier molecular flexibility index (Phi) is 8.35. The highest BCUT2D eigenvalue weighted by Crippen LogP contribution is 2.37.